The van der Waals surface area contributed by atoms with Crippen LogP contribution in [-0.4, -0.2) is 32.1 Å². The van der Waals surface area contributed by atoms with Crippen LogP contribution in [0, 0.1) is 0 Å². The van der Waals surface area contributed by atoms with Crippen molar-refractivity contribution < 1.29 is 9.53 Å². The SMILES string of the molecule is CCCCc1nc2c3ccccc3n(CC(=O)c3cccc(OC)c3)c(=O)n2n1. The van der Waals surface area contributed by atoms with Gasteiger partial charge >= 0.3 is 5.69 Å². The van der Waals surface area contributed by atoms with E-state index in [0.717, 1.165) is 18.2 Å². The Kier molecular flexibility index (Phi) is 5.12. The average Bonchev–Trinajstić information content (AvgIpc) is 3.19. The molecule has 4 rings (SSSR count). The van der Waals surface area contributed by atoms with Crippen molar-refractivity contribution >= 4 is 22.3 Å². The molecule has 0 bridgehead atoms. The van der Waals surface area contributed by atoms with E-state index in [1.54, 1.807) is 31.4 Å². The Labute approximate surface area is 167 Å². The molecule has 0 radical (unpaired) electrons. The molecule has 2 aromatic heterocycles. The van der Waals surface area contributed by atoms with E-state index in [0.29, 0.717) is 34.7 Å². The van der Waals surface area contributed by atoms with Gasteiger partial charge in [-0.1, -0.05) is 37.6 Å². The number of aromatic nitrogens is 4. The van der Waals surface area contributed by atoms with Crippen LogP contribution in [0.4, 0.5) is 0 Å². The van der Waals surface area contributed by atoms with Gasteiger partial charge in [-0.2, -0.15) is 4.52 Å². The summed E-state index contributed by atoms with van der Waals surface area (Å²) < 4.78 is 7.97. The summed E-state index contributed by atoms with van der Waals surface area (Å²) in [7, 11) is 1.55. The fourth-order valence-electron chi connectivity index (χ4n) is 3.40. The largest absolute Gasteiger partial charge is 0.497 e. The highest BCUT2D eigenvalue weighted by Crippen LogP contribution is 2.19. The Bertz CT molecular complexity index is 1260. The first-order valence-electron chi connectivity index (χ1n) is 9.67. The molecule has 0 aliphatic heterocycles. The molecule has 0 saturated heterocycles. The van der Waals surface area contributed by atoms with Gasteiger partial charge in [0.25, 0.3) is 0 Å². The lowest BCUT2D eigenvalue weighted by molar-refractivity contribution is 0.0971. The number of ether oxygens (including phenoxy) is 1. The molecule has 0 atom stereocenters. The third-order valence-electron chi connectivity index (χ3n) is 4.95. The summed E-state index contributed by atoms with van der Waals surface area (Å²) in [5, 5.41) is 5.20. The monoisotopic (exact) mass is 390 g/mol. The predicted molar refractivity (Wildman–Crippen MR) is 111 cm³/mol. The molecule has 0 aliphatic carbocycles. The zero-order chi connectivity index (χ0) is 20.4. The third-order valence-corrected chi connectivity index (χ3v) is 4.95. The van der Waals surface area contributed by atoms with Crippen molar-refractivity contribution in [1.82, 2.24) is 19.2 Å². The van der Waals surface area contributed by atoms with Crippen molar-refractivity contribution in [2.45, 2.75) is 32.7 Å². The summed E-state index contributed by atoms with van der Waals surface area (Å²) in [5.41, 5.74) is 1.31. The van der Waals surface area contributed by atoms with Gasteiger partial charge in [-0.15, -0.1) is 5.10 Å². The summed E-state index contributed by atoms with van der Waals surface area (Å²) in [4.78, 5) is 30.6. The molecule has 0 unspecified atom stereocenters. The number of Topliss-reactive ketones (excluding diaryl/α,β-unsaturated/α-hetero) is 1. The Morgan fingerprint density at radius 3 is 2.76 bits per heavy atom. The standard InChI is InChI=1S/C22H22N4O3/c1-3-4-12-20-23-21-17-10-5-6-11-18(17)25(22(28)26(21)24-20)14-19(27)15-8-7-9-16(13-15)29-2/h5-11,13H,3-4,12,14H2,1-2H3. The minimum atomic E-state index is -0.370. The Hall–Kier alpha value is -3.48. The van der Waals surface area contributed by atoms with Crippen LogP contribution in [0.15, 0.2) is 53.3 Å². The number of hydrogen-bond acceptors (Lipinski definition) is 5. The Morgan fingerprint density at radius 1 is 1.14 bits per heavy atom. The lowest BCUT2D eigenvalue weighted by Crippen LogP contribution is -2.30. The normalized spacial score (nSPS) is 11.2. The van der Waals surface area contributed by atoms with Crippen molar-refractivity contribution in [3.05, 3.63) is 70.4 Å². The Morgan fingerprint density at radius 2 is 1.97 bits per heavy atom. The molecule has 0 aliphatic rings. The van der Waals surface area contributed by atoms with Gasteiger partial charge < -0.3 is 4.74 Å². The number of ketones is 1. The fraction of sp³-hybridized carbons (Fsp3) is 0.273. The highest BCUT2D eigenvalue weighted by atomic mass is 16.5. The van der Waals surface area contributed by atoms with Crippen LogP contribution in [0.3, 0.4) is 0 Å². The molecule has 0 N–H and O–H groups in total. The van der Waals surface area contributed by atoms with E-state index in [4.69, 9.17) is 4.74 Å². The number of hydrogen-bond donors (Lipinski definition) is 0. The van der Waals surface area contributed by atoms with Crippen LogP contribution in [0.5, 0.6) is 5.75 Å². The molecular weight excluding hydrogens is 368 g/mol. The topological polar surface area (TPSA) is 78.5 Å². The first-order valence-corrected chi connectivity index (χ1v) is 9.67. The highest BCUT2D eigenvalue weighted by molar-refractivity contribution is 5.98. The van der Waals surface area contributed by atoms with Gasteiger partial charge in [0.15, 0.2) is 17.3 Å². The van der Waals surface area contributed by atoms with Gasteiger partial charge in [0.2, 0.25) is 0 Å². The smallest absolute Gasteiger partial charge is 0.351 e. The molecule has 148 valence electrons. The number of unbranched alkanes of at least 4 members (excludes halogenated alkanes) is 1. The number of nitrogens with zero attached hydrogens (tertiary/aromatic N) is 4. The molecular formula is C22H22N4O3. The van der Waals surface area contributed by atoms with Gasteiger partial charge in [-0.25, -0.2) is 9.78 Å². The molecule has 2 aromatic carbocycles. The number of para-hydroxylation sites is 1. The van der Waals surface area contributed by atoms with Crippen LogP contribution < -0.4 is 10.4 Å². The second-order valence-corrected chi connectivity index (χ2v) is 6.91. The molecule has 7 heteroatoms. The molecule has 29 heavy (non-hydrogen) atoms. The van der Waals surface area contributed by atoms with E-state index >= 15 is 0 Å². The zero-order valence-corrected chi connectivity index (χ0v) is 16.5. The second-order valence-electron chi connectivity index (χ2n) is 6.91. The van der Waals surface area contributed by atoms with Gasteiger partial charge in [-0.3, -0.25) is 9.36 Å². The molecule has 0 saturated carbocycles. The Balaban J connectivity index is 1.83. The summed E-state index contributed by atoms with van der Waals surface area (Å²) in [6, 6.07) is 14.4. The number of fused-ring (bicyclic) bond motifs is 3. The van der Waals surface area contributed by atoms with Crippen molar-refractivity contribution in [2.24, 2.45) is 0 Å². The van der Waals surface area contributed by atoms with E-state index in [-0.39, 0.29) is 18.0 Å². The van der Waals surface area contributed by atoms with Gasteiger partial charge in [0, 0.05) is 17.4 Å². The first kappa shape index (κ1) is 18.9. The van der Waals surface area contributed by atoms with E-state index in [2.05, 4.69) is 17.0 Å². The lowest BCUT2D eigenvalue weighted by Gasteiger charge is -2.11. The number of rotatable bonds is 7. The molecule has 2 heterocycles. The van der Waals surface area contributed by atoms with Gasteiger partial charge in [-0.05, 0) is 30.7 Å². The summed E-state index contributed by atoms with van der Waals surface area (Å²) in [6.45, 7) is 2.01. The molecule has 7 nitrogen and oxygen atoms in total. The van der Waals surface area contributed by atoms with Crippen molar-refractivity contribution in [3.8, 4) is 5.75 Å². The van der Waals surface area contributed by atoms with Crippen LogP contribution in [-0.2, 0) is 13.0 Å². The maximum Gasteiger partial charge on any atom is 0.351 e. The van der Waals surface area contributed by atoms with Gasteiger partial charge in [0.05, 0.1) is 19.2 Å². The van der Waals surface area contributed by atoms with Gasteiger partial charge in [0.1, 0.15) is 5.75 Å². The summed E-state index contributed by atoms with van der Waals surface area (Å²) in [6.07, 6.45) is 2.70. The zero-order valence-electron chi connectivity index (χ0n) is 16.5. The van der Waals surface area contributed by atoms with Crippen LogP contribution in [0.2, 0.25) is 0 Å². The van der Waals surface area contributed by atoms with E-state index < -0.39 is 0 Å². The average molecular weight is 390 g/mol. The van der Waals surface area contributed by atoms with E-state index in [1.807, 2.05) is 24.3 Å². The number of aryl methyl sites for hydroxylation is 1. The molecule has 0 spiro atoms. The highest BCUT2D eigenvalue weighted by Gasteiger charge is 2.17. The lowest BCUT2D eigenvalue weighted by atomic mass is 10.1. The summed E-state index contributed by atoms with van der Waals surface area (Å²) >= 11 is 0. The van der Waals surface area contributed by atoms with Crippen LogP contribution >= 0.6 is 0 Å². The minimum absolute atomic E-state index is 0.0907. The number of benzene rings is 2. The number of methoxy groups -OCH3 is 1. The maximum atomic E-state index is 13.2. The third kappa shape index (κ3) is 3.51. The fourth-order valence-corrected chi connectivity index (χ4v) is 3.40. The van der Waals surface area contributed by atoms with Crippen LogP contribution in [0.1, 0.15) is 35.9 Å². The first-order chi connectivity index (χ1) is 14.1. The van der Waals surface area contributed by atoms with E-state index in [1.165, 1.54) is 9.08 Å². The second kappa shape index (κ2) is 7.87. The molecule has 4 aromatic rings. The number of carbonyl (C=O) groups is 1. The minimum Gasteiger partial charge on any atom is -0.497 e. The summed E-state index contributed by atoms with van der Waals surface area (Å²) in [5.74, 6) is 1.06. The predicted octanol–water partition coefficient (Wildman–Crippen LogP) is 3.28. The maximum absolute atomic E-state index is 13.2. The van der Waals surface area contributed by atoms with Crippen molar-refractivity contribution in [3.63, 3.8) is 0 Å². The van der Waals surface area contributed by atoms with Crippen molar-refractivity contribution in [2.75, 3.05) is 7.11 Å². The molecule has 0 amide bonds. The van der Waals surface area contributed by atoms with Crippen LogP contribution in [0.25, 0.3) is 16.6 Å². The molecule has 0 fully saturated rings. The van der Waals surface area contributed by atoms with Crippen molar-refractivity contribution in [1.29, 1.82) is 0 Å². The quantitative estimate of drug-likeness (QED) is 0.453. The number of carbonyl (C=O) groups excluding carboxylic acids is 1. The van der Waals surface area contributed by atoms with E-state index in [9.17, 15) is 9.59 Å².